The lowest BCUT2D eigenvalue weighted by molar-refractivity contribution is 0.0793. The molecule has 1 aliphatic rings. The molecule has 2 N–H and O–H groups in total. The Morgan fingerprint density at radius 1 is 1.48 bits per heavy atom. The van der Waals surface area contributed by atoms with Gasteiger partial charge in [0.05, 0.1) is 19.8 Å². The van der Waals surface area contributed by atoms with Crippen molar-refractivity contribution < 1.29 is 9.47 Å². The van der Waals surface area contributed by atoms with Gasteiger partial charge in [0, 0.05) is 25.3 Å². The molecule has 0 radical (unpaired) electrons. The predicted octanol–water partition coefficient (Wildman–Crippen LogP) is 1.62. The fourth-order valence-corrected chi connectivity index (χ4v) is 2.59. The van der Waals surface area contributed by atoms with Gasteiger partial charge in [-0.1, -0.05) is 11.8 Å². The van der Waals surface area contributed by atoms with E-state index in [0.717, 1.165) is 43.0 Å². The first-order valence-corrected chi connectivity index (χ1v) is 7.39. The van der Waals surface area contributed by atoms with Crippen molar-refractivity contribution in [1.29, 1.82) is 0 Å². The third-order valence-electron chi connectivity index (χ3n) is 3.62. The highest BCUT2D eigenvalue weighted by molar-refractivity contribution is 5.45. The fourth-order valence-electron chi connectivity index (χ4n) is 2.59. The van der Waals surface area contributed by atoms with E-state index >= 15 is 0 Å². The number of likely N-dealkylation sites (N-methyl/N-ethyl adjacent to an activating group) is 1. The normalized spacial score (nSPS) is 17.6. The van der Waals surface area contributed by atoms with Crippen LogP contribution in [0.2, 0.25) is 0 Å². The average Bonchev–Trinajstić information content (AvgIpc) is 2.98. The summed E-state index contributed by atoms with van der Waals surface area (Å²) in [5.41, 5.74) is 7.64. The van der Waals surface area contributed by atoms with Crippen molar-refractivity contribution in [2.24, 2.45) is 5.73 Å². The summed E-state index contributed by atoms with van der Waals surface area (Å²) in [5.74, 6) is 6.91. The summed E-state index contributed by atoms with van der Waals surface area (Å²) in [4.78, 5) is 2.28. The average molecular weight is 288 g/mol. The number of hydrogen-bond donors (Lipinski definition) is 1. The molecule has 0 aliphatic carbocycles. The number of nitrogens with two attached hydrogens (primary N) is 1. The van der Waals surface area contributed by atoms with Gasteiger partial charge in [-0.2, -0.15) is 0 Å². The van der Waals surface area contributed by atoms with Crippen molar-refractivity contribution in [1.82, 2.24) is 4.90 Å². The van der Waals surface area contributed by atoms with Crippen LogP contribution in [0.15, 0.2) is 18.2 Å². The minimum absolute atomic E-state index is 0.360. The summed E-state index contributed by atoms with van der Waals surface area (Å²) in [7, 11) is 3.79. The zero-order valence-electron chi connectivity index (χ0n) is 12.9. The molecular formula is C17H24N2O2. The topological polar surface area (TPSA) is 47.7 Å². The summed E-state index contributed by atoms with van der Waals surface area (Å²) in [6.45, 7) is 3.04. The van der Waals surface area contributed by atoms with Crippen molar-refractivity contribution in [2.45, 2.75) is 25.5 Å². The molecule has 1 saturated heterocycles. The van der Waals surface area contributed by atoms with Crippen LogP contribution in [-0.2, 0) is 11.3 Å². The highest BCUT2D eigenvalue weighted by atomic mass is 16.5. The Kier molecular flexibility index (Phi) is 6.06. The monoisotopic (exact) mass is 288 g/mol. The minimum Gasteiger partial charge on any atom is -0.497 e. The molecule has 0 bridgehead atoms. The van der Waals surface area contributed by atoms with Crippen LogP contribution in [0, 0.1) is 11.8 Å². The van der Waals surface area contributed by atoms with Crippen molar-refractivity contribution in [3.05, 3.63) is 29.3 Å². The molecule has 4 nitrogen and oxygen atoms in total. The SMILES string of the molecule is COc1ccc(C#CCN)c(CN(C)CC2CCCO2)c1. The zero-order chi connectivity index (χ0) is 15.1. The van der Waals surface area contributed by atoms with Crippen LogP contribution >= 0.6 is 0 Å². The third kappa shape index (κ3) is 4.75. The quantitative estimate of drug-likeness (QED) is 0.836. The van der Waals surface area contributed by atoms with Crippen LogP contribution in [0.4, 0.5) is 0 Å². The molecule has 114 valence electrons. The van der Waals surface area contributed by atoms with E-state index in [1.807, 2.05) is 18.2 Å². The Hall–Kier alpha value is -1.54. The summed E-state index contributed by atoms with van der Waals surface area (Å²) >= 11 is 0. The molecule has 1 aromatic carbocycles. The number of methoxy groups -OCH3 is 1. The number of benzene rings is 1. The maximum Gasteiger partial charge on any atom is 0.119 e. The van der Waals surface area contributed by atoms with Crippen molar-refractivity contribution in [3.63, 3.8) is 0 Å². The molecule has 1 aliphatic heterocycles. The molecule has 4 heteroatoms. The van der Waals surface area contributed by atoms with Gasteiger partial charge in [-0.3, -0.25) is 4.90 Å². The lowest BCUT2D eigenvalue weighted by Gasteiger charge is -2.21. The van der Waals surface area contributed by atoms with E-state index in [0.29, 0.717) is 12.6 Å². The first kappa shape index (κ1) is 15.8. The zero-order valence-corrected chi connectivity index (χ0v) is 12.9. The lowest BCUT2D eigenvalue weighted by atomic mass is 10.1. The van der Waals surface area contributed by atoms with Gasteiger partial charge in [0.1, 0.15) is 5.75 Å². The first-order chi connectivity index (χ1) is 10.2. The molecule has 21 heavy (non-hydrogen) atoms. The van der Waals surface area contributed by atoms with Gasteiger partial charge in [0.25, 0.3) is 0 Å². The number of hydrogen-bond acceptors (Lipinski definition) is 4. The van der Waals surface area contributed by atoms with E-state index in [1.54, 1.807) is 7.11 Å². The van der Waals surface area contributed by atoms with Crippen LogP contribution in [0.3, 0.4) is 0 Å². The largest absolute Gasteiger partial charge is 0.497 e. The van der Waals surface area contributed by atoms with Gasteiger partial charge < -0.3 is 15.2 Å². The van der Waals surface area contributed by atoms with Crippen LogP contribution in [0.1, 0.15) is 24.0 Å². The smallest absolute Gasteiger partial charge is 0.119 e. The van der Waals surface area contributed by atoms with Gasteiger partial charge in [-0.15, -0.1) is 0 Å². The molecule has 0 saturated carbocycles. The summed E-state index contributed by atoms with van der Waals surface area (Å²) in [5, 5.41) is 0. The lowest BCUT2D eigenvalue weighted by Crippen LogP contribution is -2.28. The Labute approximate surface area is 127 Å². The molecule has 0 amide bonds. The van der Waals surface area contributed by atoms with Crippen LogP contribution in [0.25, 0.3) is 0 Å². The summed E-state index contributed by atoms with van der Waals surface area (Å²) < 4.78 is 11.0. The Bertz CT molecular complexity index is 513. The van der Waals surface area contributed by atoms with E-state index in [9.17, 15) is 0 Å². The van der Waals surface area contributed by atoms with Gasteiger partial charge in [-0.05, 0) is 43.7 Å². The Morgan fingerprint density at radius 3 is 3.00 bits per heavy atom. The van der Waals surface area contributed by atoms with Gasteiger partial charge in [0.15, 0.2) is 0 Å². The Balaban J connectivity index is 2.08. The van der Waals surface area contributed by atoms with E-state index < -0.39 is 0 Å². The number of ether oxygens (including phenoxy) is 2. The van der Waals surface area contributed by atoms with Crippen LogP contribution in [-0.4, -0.2) is 44.9 Å². The molecule has 0 aromatic heterocycles. The van der Waals surface area contributed by atoms with E-state index in [4.69, 9.17) is 15.2 Å². The van der Waals surface area contributed by atoms with Gasteiger partial charge in [0.2, 0.25) is 0 Å². The molecule has 1 unspecified atom stereocenters. The molecule has 1 aromatic rings. The van der Waals surface area contributed by atoms with Crippen molar-refractivity contribution in [3.8, 4) is 17.6 Å². The fraction of sp³-hybridized carbons (Fsp3) is 0.529. The van der Waals surface area contributed by atoms with Crippen molar-refractivity contribution >= 4 is 0 Å². The van der Waals surface area contributed by atoms with Gasteiger partial charge >= 0.3 is 0 Å². The third-order valence-corrected chi connectivity index (χ3v) is 3.62. The number of rotatable bonds is 5. The minimum atomic E-state index is 0.360. The molecule has 0 spiro atoms. The molecule has 1 atom stereocenters. The van der Waals surface area contributed by atoms with E-state index in [2.05, 4.69) is 23.8 Å². The molecule has 1 fully saturated rings. The summed E-state index contributed by atoms with van der Waals surface area (Å²) in [6, 6.07) is 5.98. The van der Waals surface area contributed by atoms with E-state index in [-0.39, 0.29) is 0 Å². The standard InChI is InChI=1S/C17H24N2O2/c1-19(13-17-6-4-10-21-17)12-15-11-16(20-2)8-7-14(15)5-3-9-18/h7-8,11,17H,4,6,9-10,12-13,18H2,1-2H3. The maximum absolute atomic E-state index is 5.69. The highest BCUT2D eigenvalue weighted by Crippen LogP contribution is 2.20. The second-order valence-electron chi connectivity index (χ2n) is 5.36. The van der Waals surface area contributed by atoms with Gasteiger partial charge in [-0.25, -0.2) is 0 Å². The predicted molar refractivity (Wildman–Crippen MR) is 84.2 cm³/mol. The second-order valence-corrected chi connectivity index (χ2v) is 5.36. The maximum atomic E-state index is 5.69. The summed E-state index contributed by atoms with van der Waals surface area (Å²) in [6.07, 6.45) is 2.69. The van der Waals surface area contributed by atoms with Crippen LogP contribution < -0.4 is 10.5 Å². The van der Waals surface area contributed by atoms with Crippen LogP contribution in [0.5, 0.6) is 5.75 Å². The molecule has 1 heterocycles. The first-order valence-electron chi connectivity index (χ1n) is 7.39. The van der Waals surface area contributed by atoms with Crippen molar-refractivity contribution in [2.75, 3.05) is 33.9 Å². The number of nitrogens with zero attached hydrogens (tertiary/aromatic N) is 1. The molecule has 2 rings (SSSR count). The Morgan fingerprint density at radius 2 is 2.33 bits per heavy atom. The van der Waals surface area contributed by atoms with E-state index in [1.165, 1.54) is 6.42 Å². The second kappa shape index (κ2) is 8.04. The highest BCUT2D eigenvalue weighted by Gasteiger charge is 2.18. The molecular weight excluding hydrogens is 264 g/mol.